The molecule has 0 N–H and O–H groups in total. The van der Waals surface area contributed by atoms with E-state index in [0.29, 0.717) is 59.1 Å². The van der Waals surface area contributed by atoms with Crippen LogP contribution in [0, 0.1) is 11.3 Å². The quantitative estimate of drug-likeness (QED) is 0.109. The van der Waals surface area contributed by atoms with Gasteiger partial charge in [0, 0.05) is 58.5 Å². The van der Waals surface area contributed by atoms with E-state index in [1.807, 2.05) is 97.3 Å². The minimum atomic E-state index is -2.55. The third-order valence-corrected chi connectivity index (χ3v) is 14.7. The summed E-state index contributed by atoms with van der Waals surface area (Å²) in [5.41, 5.74) is 12.0. The van der Waals surface area contributed by atoms with Crippen molar-refractivity contribution in [2.45, 2.75) is 102 Å². The number of rotatable bonds is 14. The normalized spacial score (nSPS) is 15.4. The van der Waals surface area contributed by atoms with E-state index in [0.717, 1.165) is 80.5 Å². The minimum Gasteiger partial charge on any atom is -0.455 e. The van der Waals surface area contributed by atoms with Crippen LogP contribution in [0.25, 0.3) is 66.8 Å². The van der Waals surface area contributed by atoms with Crippen molar-refractivity contribution >= 4 is 21.9 Å². The molecule has 0 bridgehead atoms. The van der Waals surface area contributed by atoms with Crippen molar-refractivity contribution in [2.75, 3.05) is 0 Å². The van der Waals surface area contributed by atoms with Gasteiger partial charge in [0.1, 0.15) is 11.2 Å². The minimum absolute atomic E-state index is 0.0646. The van der Waals surface area contributed by atoms with E-state index in [2.05, 4.69) is 94.4 Å². The zero-order valence-corrected chi connectivity index (χ0v) is 42.0. The molecule has 1 aliphatic rings. The summed E-state index contributed by atoms with van der Waals surface area (Å²) in [5.74, 6) is -1.06. The Morgan fingerprint density at radius 1 is 0.548 bits per heavy atom. The largest absolute Gasteiger partial charge is 0.455 e. The van der Waals surface area contributed by atoms with Crippen molar-refractivity contribution in [3.63, 3.8) is 0 Å². The van der Waals surface area contributed by atoms with Crippen LogP contribution in [0.2, 0.25) is 0 Å². The van der Waals surface area contributed by atoms with Crippen molar-refractivity contribution in [2.24, 2.45) is 0 Å². The molecule has 360 valence electrons. The van der Waals surface area contributed by atoms with E-state index in [-0.39, 0.29) is 22.7 Å². The molecule has 73 heavy (non-hydrogen) atoms. The van der Waals surface area contributed by atoms with Crippen molar-refractivity contribution in [1.29, 1.82) is 5.26 Å². The van der Waals surface area contributed by atoms with Crippen LogP contribution in [-0.2, 0) is 36.4 Å². The molecule has 5 heteroatoms. The van der Waals surface area contributed by atoms with E-state index >= 15 is 0 Å². The van der Waals surface area contributed by atoms with Crippen LogP contribution in [0.15, 0.2) is 193 Å². The number of hydrogen-bond donors (Lipinski definition) is 0. The average molecular weight is 957 g/mol. The molecule has 11 rings (SSSR count). The first-order chi connectivity index (χ1) is 37.8. The zero-order chi connectivity index (χ0) is 55.3. The fourth-order valence-electron chi connectivity index (χ4n) is 10.7. The smallest absolute Gasteiger partial charge is 0.144 e. The third-order valence-electron chi connectivity index (χ3n) is 14.7. The van der Waals surface area contributed by atoms with Crippen LogP contribution < -0.4 is 0 Å². The van der Waals surface area contributed by atoms with E-state index in [1.54, 1.807) is 18.2 Å². The van der Waals surface area contributed by atoms with Crippen molar-refractivity contribution in [1.82, 2.24) is 15.0 Å². The lowest BCUT2D eigenvalue weighted by atomic mass is 9.77. The number of benzene rings is 6. The summed E-state index contributed by atoms with van der Waals surface area (Å²) in [7, 11) is 0. The Balaban J connectivity index is 0.925. The van der Waals surface area contributed by atoms with Gasteiger partial charge < -0.3 is 4.42 Å². The maximum absolute atomic E-state index is 10.3. The highest BCUT2D eigenvalue weighted by Crippen LogP contribution is 2.43. The number of furan rings is 1. The van der Waals surface area contributed by atoms with Crippen molar-refractivity contribution in [3.05, 3.63) is 233 Å². The highest BCUT2D eigenvalue weighted by Gasteiger charge is 2.27. The van der Waals surface area contributed by atoms with Gasteiger partial charge in [-0.1, -0.05) is 174 Å². The molecule has 0 radical (unpaired) electrons. The molecule has 0 unspecified atom stereocenters. The Morgan fingerprint density at radius 2 is 1.11 bits per heavy atom. The zero-order valence-electron chi connectivity index (χ0n) is 48.0. The summed E-state index contributed by atoms with van der Waals surface area (Å²) >= 11 is 0. The number of pyridine rings is 3. The predicted molar refractivity (Wildman–Crippen MR) is 300 cm³/mol. The van der Waals surface area contributed by atoms with Crippen LogP contribution in [0.5, 0.6) is 0 Å². The number of fused-ring (bicyclic) bond motifs is 3. The second kappa shape index (κ2) is 20.3. The Kier molecular flexibility index (Phi) is 11.3. The van der Waals surface area contributed by atoms with Gasteiger partial charge >= 0.3 is 0 Å². The summed E-state index contributed by atoms with van der Waals surface area (Å²) in [5, 5.41) is 11.7. The summed E-state index contributed by atoms with van der Waals surface area (Å²) in [4.78, 5) is 14.6. The number of nitriles is 1. The third kappa shape index (κ3) is 10.1. The Labute approximate surface area is 439 Å². The van der Waals surface area contributed by atoms with Crippen LogP contribution in [0.3, 0.4) is 0 Å². The standard InChI is InChI=1S/C68H62N4O/c1-67(2,56-30-34-61(71-44-56)51-18-10-6-11-19-51)40-48-36-47(37-49(38-48)41-68(3,4)57-31-35-62(72-45-57)54-23-14-22-53(39-54)50-16-8-5-9-17-50)27-26-46-28-33-63(70-43-46)60-25-15-24-58-59-32-29-55(42-69)64(66(59)73-65(58)60)52-20-12-7-13-21-52/h5-6,8-11,14-19,22-25,28-39,43-45,52H,7,12-13,20-21,26-27,40-41H2,1-4H3/i26D2,27D2,29D,52D. The first kappa shape index (κ1) is 40.6. The fraction of sp³-hybridized carbons (Fsp3) is 0.235. The second-order valence-electron chi connectivity index (χ2n) is 20.9. The molecule has 4 aromatic heterocycles. The molecule has 1 fully saturated rings. The number of aromatic nitrogens is 3. The van der Waals surface area contributed by atoms with Crippen LogP contribution in [-0.4, -0.2) is 15.0 Å². The van der Waals surface area contributed by atoms with Gasteiger partial charge in [0.05, 0.1) is 30.1 Å². The fourth-order valence-corrected chi connectivity index (χ4v) is 10.7. The van der Waals surface area contributed by atoms with Gasteiger partial charge in [0.25, 0.3) is 0 Å². The van der Waals surface area contributed by atoms with Gasteiger partial charge in [-0.2, -0.15) is 5.26 Å². The van der Waals surface area contributed by atoms with Crippen LogP contribution in [0.4, 0.5) is 0 Å². The van der Waals surface area contributed by atoms with E-state index in [4.69, 9.17) is 20.7 Å². The lowest BCUT2D eigenvalue weighted by Gasteiger charge is -2.28. The highest BCUT2D eigenvalue weighted by molar-refractivity contribution is 6.10. The molecular weight excluding hydrogens is 889 g/mol. The Hall–Kier alpha value is -7.94. The molecular formula is C68H62N4O. The number of hydrogen-bond acceptors (Lipinski definition) is 5. The molecule has 10 aromatic rings. The van der Waals surface area contributed by atoms with Crippen LogP contribution >= 0.6 is 0 Å². The number of aryl methyl sites for hydroxylation is 2. The second-order valence-corrected chi connectivity index (χ2v) is 20.9. The molecule has 0 saturated heterocycles. The molecule has 5 nitrogen and oxygen atoms in total. The average Bonchev–Trinajstić information content (AvgIpc) is 4.12. The first-order valence-electron chi connectivity index (χ1n) is 28.5. The summed E-state index contributed by atoms with van der Waals surface area (Å²) in [6, 6.07) is 55.8. The molecule has 1 aliphatic carbocycles. The molecule has 6 aromatic carbocycles. The Morgan fingerprint density at radius 3 is 1.74 bits per heavy atom. The maximum Gasteiger partial charge on any atom is 0.144 e. The van der Waals surface area contributed by atoms with Gasteiger partial charge in [-0.05, 0) is 142 Å². The highest BCUT2D eigenvalue weighted by atomic mass is 16.3. The molecule has 0 atom stereocenters. The van der Waals surface area contributed by atoms with Crippen molar-refractivity contribution in [3.8, 4) is 51.0 Å². The van der Waals surface area contributed by atoms with Gasteiger partial charge in [-0.25, -0.2) is 0 Å². The predicted octanol–water partition coefficient (Wildman–Crippen LogP) is 17.2. The maximum atomic E-state index is 10.3. The van der Waals surface area contributed by atoms with Crippen molar-refractivity contribution < 1.29 is 12.6 Å². The molecule has 0 amide bonds. The van der Waals surface area contributed by atoms with E-state index < -0.39 is 29.5 Å². The Bertz CT molecular complexity index is 3900. The number of nitrogens with zero attached hydrogens (tertiary/aromatic N) is 4. The molecule has 1 saturated carbocycles. The summed E-state index contributed by atoms with van der Waals surface area (Å²) in [6.07, 6.45) is 5.14. The lowest BCUT2D eigenvalue weighted by molar-refractivity contribution is 0.441. The van der Waals surface area contributed by atoms with Gasteiger partial charge in [-0.15, -0.1) is 0 Å². The monoisotopic (exact) mass is 957 g/mol. The van der Waals surface area contributed by atoms with E-state index in [9.17, 15) is 12.1 Å². The summed E-state index contributed by atoms with van der Waals surface area (Å²) < 4.78 is 64.0. The first-order valence-corrected chi connectivity index (χ1v) is 25.5. The SMILES string of the molecule is [2H]c1cc2c(oc3c(-c4ccc(C([2H])([2H])C([2H])([2H])c5cc(CC(C)(C)c6ccc(-c7ccccc7)nc6)cc(CC(C)(C)c6ccc(-c7cccc(-c8ccccc8)c7)nc6)c5)cn4)cccc32)c(C2([2H])CCCCC2)c1C#N. The topological polar surface area (TPSA) is 75.6 Å². The van der Waals surface area contributed by atoms with Gasteiger partial charge in [0.2, 0.25) is 0 Å². The molecule has 4 heterocycles. The lowest BCUT2D eigenvalue weighted by Crippen LogP contribution is -2.23. The summed E-state index contributed by atoms with van der Waals surface area (Å²) in [6.45, 7) is 8.66. The number of para-hydroxylation sites is 1. The van der Waals surface area contributed by atoms with Gasteiger partial charge in [0.15, 0.2) is 0 Å². The van der Waals surface area contributed by atoms with E-state index in [1.165, 1.54) is 6.20 Å². The van der Waals surface area contributed by atoms with Gasteiger partial charge in [-0.3, -0.25) is 15.0 Å². The molecule has 0 aliphatic heterocycles. The molecule has 0 spiro atoms. The van der Waals surface area contributed by atoms with Crippen LogP contribution in [0.1, 0.15) is 118 Å².